The van der Waals surface area contributed by atoms with Gasteiger partial charge in [0.05, 0.1) is 11.3 Å². The first-order valence-corrected chi connectivity index (χ1v) is 7.93. The molecule has 0 saturated heterocycles. The van der Waals surface area contributed by atoms with Gasteiger partial charge in [-0.05, 0) is 29.8 Å². The van der Waals surface area contributed by atoms with Gasteiger partial charge in [0.2, 0.25) is 0 Å². The monoisotopic (exact) mass is 326 g/mol. The van der Waals surface area contributed by atoms with E-state index in [0.29, 0.717) is 10.6 Å². The second kappa shape index (κ2) is 6.83. The van der Waals surface area contributed by atoms with Crippen LogP contribution in [0.5, 0.6) is 0 Å². The SMILES string of the molecule is O=C(O)c1ccc(CS(=O)Cc2ccc(Cl)cc2F)cc1. The van der Waals surface area contributed by atoms with Crippen LogP contribution in [0.2, 0.25) is 5.02 Å². The molecule has 0 aliphatic heterocycles. The van der Waals surface area contributed by atoms with Crippen molar-refractivity contribution in [3.8, 4) is 0 Å². The molecule has 2 aromatic carbocycles. The molecule has 0 aliphatic rings. The van der Waals surface area contributed by atoms with Crippen molar-refractivity contribution in [1.82, 2.24) is 0 Å². The van der Waals surface area contributed by atoms with E-state index in [-0.39, 0.29) is 17.1 Å². The highest BCUT2D eigenvalue weighted by molar-refractivity contribution is 7.83. The topological polar surface area (TPSA) is 54.4 Å². The molecule has 1 N–H and O–H groups in total. The van der Waals surface area contributed by atoms with Crippen LogP contribution in [0, 0.1) is 5.82 Å². The molecule has 1 atom stereocenters. The van der Waals surface area contributed by atoms with Gasteiger partial charge in [-0.2, -0.15) is 0 Å². The Hall–Kier alpha value is -1.72. The molecule has 0 bridgehead atoms. The maximum Gasteiger partial charge on any atom is 0.335 e. The minimum atomic E-state index is -1.29. The first kappa shape index (κ1) is 15.7. The molecule has 0 aromatic heterocycles. The molecule has 110 valence electrons. The van der Waals surface area contributed by atoms with Crippen LogP contribution in [0.3, 0.4) is 0 Å². The van der Waals surface area contributed by atoms with Gasteiger partial charge in [0.25, 0.3) is 0 Å². The van der Waals surface area contributed by atoms with E-state index in [1.54, 1.807) is 18.2 Å². The van der Waals surface area contributed by atoms with Crippen LogP contribution >= 0.6 is 11.6 Å². The van der Waals surface area contributed by atoms with Gasteiger partial charge in [0.15, 0.2) is 0 Å². The molecule has 3 nitrogen and oxygen atoms in total. The predicted octanol–water partition coefficient (Wildman–Crippen LogP) is 3.63. The Kier molecular flexibility index (Phi) is 5.09. The van der Waals surface area contributed by atoms with E-state index < -0.39 is 22.6 Å². The van der Waals surface area contributed by atoms with E-state index >= 15 is 0 Å². The summed E-state index contributed by atoms with van der Waals surface area (Å²) in [6.07, 6.45) is 0. The van der Waals surface area contributed by atoms with E-state index in [2.05, 4.69) is 0 Å². The quantitative estimate of drug-likeness (QED) is 0.913. The summed E-state index contributed by atoms with van der Waals surface area (Å²) in [5.41, 5.74) is 1.26. The van der Waals surface area contributed by atoms with Crippen molar-refractivity contribution in [2.24, 2.45) is 0 Å². The maximum atomic E-state index is 13.6. The molecule has 21 heavy (non-hydrogen) atoms. The number of carbonyl (C=O) groups is 1. The summed E-state index contributed by atoms with van der Waals surface area (Å²) < 4.78 is 25.6. The lowest BCUT2D eigenvalue weighted by molar-refractivity contribution is 0.0697. The van der Waals surface area contributed by atoms with Gasteiger partial charge in [0, 0.05) is 27.1 Å². The molecule has 0 aliphatic carbocycles. The fraction of sp³-hybridized carbons (Fsp3) is 0.133. The number of aromatic carboxylic acids is 1. The fourth-order valence-corrected chi connectivity index (χ4v) is 3.20. The Morgan fingerprint density at radius 3 is 2.38 bits per heavy atom. The maximum absolute atomic E-state index is 13.6. The molecule has 0 fully saturated rings. The summed E-state index contributed by atoms with van der Waals surface area (Å²) >= 11 is 5.66. The molecule has 2 aromatic rings. The minimum Gasteiger partial charge on any atom is -0.478 e. The predicted molar refractivity (Wildman–Crippen MR) is 80.4 cm³/mol. The van der Waals surface area contributed by atoms with Crippen LogP contribution in [-0.2, 0) is 22.3 Å². The van der Waals surface area contributed by atoms with E-state index in [9.17, 15) is 13.4 Å². The van der Waals surface area contributed by atoms with E-state index in [4.69, 9.17) is 16.7 Å². The summed E-state index contributed by atoms with van der Waals surface area (Å²) in [5, 5.41) is 9.09. The van der Waals surface area contributed by atoms with Crippen LogP contribution in [-0.4, -0.2) is 15.3 Å². The van der Waals surface area contributed by atoms with Crippen molar-refractivity contribution in [2.75, 3.05) is 0 Å². The van der Waals surface area contributed by atoms with Crippen LogP contribution in [0.25, 0.3) is 0 Å². The summed E-state index contributed by atoms with van der Waals surface area (Å²) in [6, 6.07) is 10.4. The largest absolute Gasteiger partial charge is 0.478 e. The van der Waals surface area contributed by atoms with Crippen molar-refractivity contribution in [3.63, 3.8) is 0 Å². The van der Waals surface area contributed by atoms with E-state index in [1.165, 1.54) is 24.3 Å². The molecule has 2 rings (SSSR count). The summed E-state index contributed by atoms with van der Waals surface area (Å²) in [6.45, 7) is 0. The first-order valence-electron chi connectivity index (χ1n) is 6.07. The second-order valence-electron chi connectivity index (χ2n) is 4.47. The highest BCUT2D eigenvalue weighted by Crippen LogP contribution is 2.17. The van der Waals surface area contributed by atoms with Gasteiger partial charge >= 0.3 is 5.97 Å². The third-order valence-corrected chi connectivity index (χ3v) is 4.38. The number of hydrogen-bond acceptors (Lipinski definition) is 2. The zero-order valence-corrected chi connectivity index (χ0v) is 12.5. The van der Waals surface area contributed by atoms with E-state index in [0.717, 1.165) is 5.56 Å². The van der Waals surface area contributed by atoms with Gasteiger partial charge < -0.3 is 5.11 Å². The molecule has 0 radical (unpaired) electrons. The van der Waals surface area contributed by atoms with Crippen molar-refractivity contribution >= 4 is 28.4 Å². The fourth-order valence-electron chi connectivity index (χ4n) is 1.79. The Balaban J connectivity index is 2.02. The smallest absolute Gasteiger partial charge is 0.335 e. The number of benzene rings is 2. The van der Waals surface area contributed by atoms with E-state index in [1.807, 2.05) is 0 Å². The highest BCUT2D eigenvalue weighted by atomic mass is 35.5. The van der Waals surface area contributed by atoms with Gasteiger partial charge in [-0.25, -0.2) is 9.18 Å². The van der Waals surface area contributed by atoms with Crippen LogP contribution in [0.15, 0.2) is 42.5 Å². The molecule has 0 spiro atoms. The number of rotatable bonds is 5. The number of carboxylic acids is 1. The molecular formula is C15H12ClFO3S. The average Bonchev–Trinajstić information content (AvgIpc) is 2.42. The number of halogens is 2. The van der Waals surface area contributed by atoms with Gasteiger partial charge in [-0.3, -0.25) is 4.21 Å². The first-order chi connectivity index (χ1) is 9.95. The molecule has 0 heterocycles. The summed E-state index contributed by atoms with van der Waals surface area (Å²) in [7, 11) is -1.29. The highest BCUT2D eigenvalue weighted by Gasteiger charge is 2.09. The van der Waals surface area contributed by atoms with Gasteiger partial charge in [0.1, 0.15) is 5.82 Å². The lowest BCUT2D eigenvalue weighted by Gasteiger charge is -2.05. The second-order valence-corrected chi connectivity index (χ2v) is 6.36. The lowest BCUT2D eigenvalue weighted by atomic mass is 10.1. The third kappa shape index (κ3) is 4.37. The van der Waals surface area contributed by atoms with Crippen molar-refractivity contribution in [3.05, 3.63) is 70.0 Å². The molecule has 0 saturated carbocycles. The van der Waals surface area contributed by atoms with Crippen molar-refractivity contribution in [1.29, 1.82) is 0 Å². The third-order valence-electron chi connectivity index (χ3n) is 2.86. The van der Waals surface area contributed by atoms with Gasteiger partial charge in [-0.1, -0.05) is 29.8 Å². The normalized spacial score (nSPS) is 12.1. The molecule has 0 amide bonds. The Morgan fingerprint density at radius 1 is 1.14 bits per heavy atom. The molecular weight excluding hydrogens is 315 g/mol. The lowest BCUT2D eigenvalue weighted by Crippen LogP contribution is -2.02. The summed E-state index contributed by atoms with van der Waals surface area (Å²) in [4.78, 5) is 10.7. The van der Waals surface area contributed by atoms with Crippen LogP contribution in [0.1, 0.15) is 21.5 Å². The zero-order chi connectivity index (χ0) is 15.4. The zero-order valence-electron chi connectivity index (χ0n) is 10.9. The van der Waals surface area contributed by atoms with Crippen molar-refractivity contribution < 1.29 is 18.5 Å². The Labute approximate surface area is 128 Å². The minimum absolute atomic E-state index is 0.0870. The summed E-state index contributed by atoms with van der Waals surface area (Å²) in [5.74, 6) is -1.16. The Bertz CT molecular complexity index is 686. The number of hydrogen-bond donors (Lipinski definition) is 1. The van der Waals surface area contributed by atoms with Crippen LogP contribution < -0.4 is 0 Å². The van der Waals surface area contributed by atoms with Gasteiger partial charge in [-0.15, -0.1) is 0 Å². The van der Waals surface area contributed by atoms with Crippen molar-refractivity contribution in [2.45, 2.75) is 11.5 Å². The Morgan fingerprint density at radius 2 is 1.81 bits per heavy atom. The molecule has 1 unspecified atom stereocenters. The molecule has 6 heteroatoms. The number of carboxylic acid groups (broad SMARTS) is 1. The van der Waals surface area contributed by atoms with Crippen LogP contribution in [0.4, 0.5) is 4.39 Å². The standard InChI is InChI=1S/C15H12ClFO3S/c16-13-6-5-12(14(17)7-13)9-21(20)8-10-1-3-11(4-2-10)15(18)19/h1-7H,8-9H2,(H,18,19). The average molecular weight is 327 g/mol.